The summed E-state index contributed by atoms with van der Waals surface area (Å²) in [6.07, 6.45) is -1.39. The molecule has 0 radical (unpaired) electrons. The number of hydrogen-bond donors (Lipinski definition) is 0. The lowest BCUT2D eigenvalue weighted by atomic mass is 9.98. The zero-order valence-corrected chi connectivity index (χ0v) is 18.9. The van der Waals surface area contributed by atoms with Gasteiger partial charge in [0.25, 0.3) is 0 Å². The molecule has 1 aliphatic carbocycles. The third kappa shape index (κ3) is 4.35. The van der Waals surface area contributed by atoms with Crippen LogP contribution in [0.4, 0.5) is 4.79 Å². The second kappa shape index (κ2) is 8.22. The molecule has 1 heterocycles. The van der Waals surface area contributed by atoms with Crippen molar-refractivity contribution in [2.45, 2.75) is 44.8 Å². The Morgan fingerprint density at radius 1 is 1.03 bits per heavy atom. The van der Waals surface area contributed by atoms with Crippen LogP contribution in [-0.4, -0.2) is 49.6 Å². The summed E-state index contributed by atoms with van der Waals surface area (Å²) in [6, 6.07) is 14.6. The Hall–Kier alpha value is -2.91. The first-order valence-corrected chi connectivity index (χ1v) is 11.7. The lowest BCUT2D eigenvalue weighted by Gasteiger charge is -2.23. The second-order valence-electron chi connectivity index (χ2n) is 8.79. The average Bonchev–Trinajstić information content (AvgIpc) is 3.18. The molecule has 2 aromatic rings. The van der Waals surface area contributed by atoms with Gasteiger partial charge in [0.2, 0.25) is 0 Å². The van der Waals surface area contributed by atoms with Crippen LogP contribution in [0.1, 0.15) is 44.2 Å². The van der Waals surface area contributed by atoms with Gasteiger partial charge in [-0.1, -0.05) is 48.5 Å². The minimum atomic E-state index is -4.34. The van der Waals surface area contributed by atoms with Crippen LogP contribution in [0.5, 0.6) is 0 Å². The van der Waals surface area contributed by atoms with Crippen LogP contribution in [0.25, 0.3) is 11.1 Å². The van der Waals surface area contributed by atoms with E-state index < -0.39 is 34.0 Å². The van der Waals surface area contributed by atoms with Crippen molar-refractivity contribution in [3.05, 3.63) is 59.7 Å². The van der Waals surface area contributed by atoms with Gasteiger partial charge in [0.15, 0.2) is 0 Å². The van der Waals surface area contributed by atoms with Crippen LogP contribution < -0.4 is 0 Å². The molecule has 1 fully saturated rings. The van der Waals surface area contributed by atoms with Gasteiger partial charge in [0, 0.05) is 5.92 Å². The van der Waals surface area contributed by atoms with Crippen molar-refractivity contribution in [3.8, 4) is 11.1 Å². The molecule has 1 atom stereocenters. The van der Waals surface area contributed by atoms with Gasteiger partial charge in [-0.05, 0) is 43.0 Å². The Bertz CT molecular complexity index is 1110. The number of esters is 1. The van der Waals surface area contributed by atoms with Crippen LogP contribution in [-0.2, 0) is 28.8 Å². The standard InChI is InChI=1S/C23H25NO7S/c1-23(2,3)31-21(25)12-15-13-30-32(27,28)24(15)22(26)29-14-20-18-10-6-4-8-16(18)17-9-5-7-11-19(17)20/h4-11,15,20H,12-14H2,1-3H3. The molecule has 170 valence electrons. The molecule has 1 saturated heterocycles. The minimum Gasteiger partial charge on any atom is -0.460 e. The number of hydrogen-bond acceptors (Lipinski definition) is 7. The SMILES string of the molecule is CC(C)(C)OC(=O)CC1COS(=O)(=O)N1C(=O)OCC1c2ccccc2-c2ccccc21. The van der Waals surface area contributed by atoms with Crippen LogP contribution in [0.2, 0.25) is 0 Å². The predicted molar refractivity (Wildman–Crippen MR) is 116 cm³/mol. The molecule has 9 heteroatoms. The summed E-state index contributed by atoms with van der Waals surface area (Å²) in [4.78, 5) is 25.0. The molecule has 8 nitrogen and oxygen atoms in total. The Kier molecular flexibility index (Phi) is 5.72. The van der Waals surface area contributed by atoms with E-state index in [0.717, 1.165) is 22.3 Å². The van der Waals surface area contributed by atoms with Gasteiger partial charge in [-0.25, -0.2) is 4.79 Å². The second-order valence-corrected chi connectivity index (χ2v) is 10.3. The van der Waals surface area contributed by atoms with E-state index in [0.29, 0.717) is 4.31 Å². The van der Waals surface area contributed by atoms with Crippen molar-refractivity contribution in [1.82, 2.24) is 4.31 Å². The predicted octanol–water partition coefficient (Wildman–Crippen LogP) is 3.61. The number of ether oxygens (including phenoxy) is 2. The van der Waals surface area contributed by atoms with E-state index in [1.54, 1.807) is 20.8 Å². The third-order valence-electron chi connectivity index (χ3n) is 5.32. The molecule has 0 spiro atoms. The van der Waals surface area contributed by atoms with Crippen molar-refractivity contribution in [2.75, 3.05) is 13.2 Å². The summed E-state index contributed by atoms with van der Waals surface area (Å²) in [5.41, 5.74) is 3.40. The molecular weight excluding hydrogens is 434 g/mol. The van der Waals surface area contributed by atoms with Gasteiger partial charge in [-0.2, -0.15) is 12.7 Å². The molecular formula is C23H25NO7S. The fraction of sp³-hybridized carbons (Fsp3) is 0.391. The van der Waals surface area contributed by atoms with Crippen molar-refractivity contribution in [3.63, 3.8) is 0 Å². The van der Waals surface area contributed by atoms with Crippen molar-refractivity contribution >= 4 is 22.4 Å². The highest BCUT2D eigenvalue weighted by Gasteiger charge is 2.45. The molecule has 1 unspecified atom stereocenters. The summed E-state index contributed by atoms with van der Waals surface area (Å²) in [7, 11) is -4.34. The topological polar surface area (TPSA) is 99.2 Å². The van der Waals surface area contributed by atoms with Crippen molar-refractivity contribution in [2.24, 2.45) is 0 Å². The maximum atomic E-state index is 12.8. The van der Waals surface area contributed by atoms with Gasteiger partial charge < -0.3 is 9.47 Å². The number of carbonyl (C=O) groups excluding carboxylic acids is 2. The molecule has 32 heavy (non-hydrogen) atoms. The van der Waals surface area contributed by atoms with E-state index >= 15 is 0 Å². The molecule has 0 aromatic heterocycles. The highest BCUT2D eigenvalue weighted by molar-refractivity contribution is 7.85. The van der Waals surface area contributed by atoms with Gasteiger partial charge in [-0.15, -0.1) is 0 Å². The molecule has 1 amide bonds. The van der Waals surface area contributed by atoms with E-state index in [9.17, 15) is 18.0 Å². The highest BCUT2D eigenvalue weighted by atomic mass is 32.2. The van der Waals surface area contributed by atoms with Gasteiger partial charge in [0.05, 0.1) is 19.1 Å². The summed E-state index contributed by atoms with van der Waals surface area (Å²) in [6.45, 7) is 4.74. The molecule has 1 aliphatic heterocycles. The maximum Gasteiger partial charge on any atom is 0.425 e. The summed E-state index contributed by atoms with van der Waals surface area (Å²) < 4.78 is 40.6. The summed E-state index contributed by atoms with van der Waals surface area (Å²) in [5, 5.41) is 0. The molecule has 2 aromatic carbocycles. The molecule has 0 N–H and O–H groups in total. The smallest absolute Gasteiger partial charge is 0.425 e. The van der Waals surface area contributed by atoms with Crippen LogP contribution in [0.3, 0.4) is 0 Å². The van der Waals surface area contributed by atoms with E-state index in [2.05, 4.69) is 0 Å². The number of benzene rings is 2. The van der Waals surface area contributed by atoms with Gasteiger partial charge in [0.1, 0.15) is 12.2 Å². The van der Waals surface area contributed by atoms with Crippen LogP contribution >= 0.6 is 0 Å². The lowest BCUT2D eigenvalue weighted by Crippen LogP contribution is -2.42. The highest BCUT2D eigenvalue weighted by Crippen LogP contribution is 2.44. The monoisotopic (exact) mass is 459 g/mol. The number of nitrogens with zero attached hydrogens (tertiary/aromatic N) is 1. The van der Waals surface area contributed by atoms with Crippen LogP contribution in [0.15, 0.2) is 48.5 Å². The van der Waals surface area contributed by atoms with Gasteiger partial charge in [-0.3, -0.25) is 8.98 Å². The Labute approximate surface area is 187 Å². The van der Waals surface area contributed by atoms with E-state index in [4.69, 9.17) is 13.7 Å². The normalized spacial score (nSPS) is 19.3. The number of fused-ring (bicyclic) bond motifs is 3. The van der Waals surface area contributed by atoms with Crippen molar-refractivity contribution in [1.29, 1.82) is 0 Å². The lowest BCUT2D eigenvalue weighted by molar-refractivity contribution is -0.155. The van der Waals surface area contributed by atoms with E-state index in [1.165, 1.54) is 0 Å². The van der Waals surface area contributed by atoms with Crippen molar-refractivity contribution < 1.29 is 31.7 Å². The fourth-order valence-corrected chi connectivity index (χ4v) is 5.27. The zero-order chi connectivity index (χ0) is 23.1. The van der Waals surface area contributed by atoms with E-state index in [1.807, 2.05) is 48.5 Å². The Morgan fingerprint density at radius 3 is 2.16 bits per heavy atom. The van der Waals surface area contributed by atoms with E-state index in [-0.39, 0.29) is 25.6 Å². The first kappa shape index (κ1) is 22.3. The maximum absolute atomic E-state index is 12.8. The molecule has 0 bridgehead atoms. The van der Waals surface area contributed by atoms with Gasteiger partial charge >= 0.3 is 22.4 Å². The summed E-state index contributed by atoms with van der Waals surface area (Å²) >= 11 is 0. The molecule has 4 rings (SSSR count). The Morgan fingerprint density at radius 2 is 1.59 bits per heavy atom. The molecule has 2 aliphatic rings. The first-order chi connectivity index (χ1) is 15.1. The largest absolute Gasteiger partial charge is 0.460 e. The van der Waals surface area contributed by atoms with Crippen LogP contribution in [0, 0.1) is 0 Å². The minimum absolute atomic E-state index is 0.0436. The first-order valence-electron chi connectivity index (χ1n) is 10.3. The zero-order valence-electron chi connectivity index (χ0n) is 18.1. The third-order valence-corrected chi connectivity index (χ3v) is 6.68. The molecule has 0 saturated carbocycles. The number of rotatable bonds is 4. The average molecular weight is 460 g/mol. The quantitative estimate of drug-likeness (QED) is 0.644. The Balaban J connectivity index is 1.50. The fourth-order valence-electron chi connectivity index (χ4n) is 4.09. The number of amides is 1. The number of carbonyl (C=O) groups is 2. The summed E-state index contributed by atoms with van der Waals surface area (Å²) in [5.74, 6) is -0.846.